The van der Waals surface area contributed by atoms with E-state index in [2.05, 4.69) is 15.3 Å². The van der Waals surface area contributed by atoms with Crippen molar-refractivity contribution in [2.24, 2.45) is 0 Å². The number of amides is 1. The summed E-state index contributed by atoms with van der Waals surface area (Å²) in [5, 5.41) is 3.69. The van der Waals surface area contributed by atoms with E-state index in [-0.39, 0.29) is 17.1 Å². The molecular formula is C20H14ClN3O4. The Morgan fingerprint density at radius 1 is 1.14 bits per heavy atom. The molecular weight excluding hydrogens is 382 g/mol. The van der Waals surface area contributed by atoms with Crippen molar-refractivity contribution in [2.75, 3.05) is 12.4 Å². The third-order valence-corrected chi connectivity index (χ3v) is 4.39. The highest BCUT2D eigenvalue weighted by Gasteiger charge is 2.18. The van der Waals surface area contributed by atoms with Crippen molar-refractivity contribution in [1.82, 2.24) is 9.97 Å². The minimum atomic E-state index is -0.644. The topological polar surface area (TPSA) is 94.3 Å². The predicted octanol–water partition coefficient (Wildman–Crippen LogP) is 4.02. The Balaban J connectivity index is 2.08. The van der Waals surface area contributed by atoms with Crippen molar-refractivity contribution in [3.05, 3.63) is 57.9 Å². The zero-order valence-corrected chi connectivity index (χ0v) is 15.7. The molecule has 0 saturated heterocycles. The molecule has 7 nitrogen and oxygen atoms in total. The molecule has 0 aliphatic heterocycles. The fourth-order valence-corrected chi connectivity index (χ4v) is 3.07. The summed E-state index contributed by atoms with van der Waals surface area (Å²) >= 11 is 6.13. The molecule has 0 bridgehead atoms. The van der Waals surface area contributed by atoms with Gasteiger partial charge in [-0.1, -0.05) is 11.6 Å². The second kappa shape index (κ2) is 6.94. The summed E-state index contributed by atoms with van der Waals surface area (Å²) in [5.74, 6) is 0.737. The Morgan fingerprint density at radius 2 is 1.89 bits per heavy atom. The predicted molar refractivity (Wildman–Crippen MR) is 107 cm³/mol. The van der Waals surface area contributed by atoms with Gasteiger partial charge in [0.2, 0.25) is 5.91 Å². The van der Waals surface area contributed by atoms with Crippen LogP contribution in [0.5, 0.6) is 5.75 Å². The summed E-state index contributed by atoms with van der Waals surface area (Å²) in [5.41, 5.74) is 0.737. The summed E-state index contributed by atoms with van der Waals surface area (Å²) in [7, 11) is 1.57. The van der Waals surface area contributed by atoms with Crippen LogP contribution in [0.25, 0.3) is 33.3 Å². The maximum Gasteiger partial charge on any atom is 0.349 e. The monoisotopic (exact) mass is 395 g/mol. The second-order valence-corrected chi connectivity index (χ2v) is 6.50. The third-order valence-electron chi connectivity index (χ3n) is 4.16. The Labute approximate surface area is 163 Å². The SMILES string of the molecule is COc1ccc(-c2nc(NC(C)=O)c3c(=O)oc4ccc(Cl)cc4c3n2)cc1. The molecule has 28 heavy (non-hydrogen) atoms. The molecule has 1 N–H and O–H groups in total. The molecule has 1 amide bonds. The average Bonchev–Trinajstić information content (AvgIpc) is 2.68. The summed E-state index contributed by atoms with van der Waals surface area (Å²) in [6.45, 7) is 1.33. The number of aromatic nitrogens is 2. The number of carbonyl (C=O) groups excluding carboxylic acids is 1. The first kappa shape index (κ1) is 17.9. The van der Waals surface area contributed by atoms with E-state index in [1.54, 1.807) is 49.6 Å². The first-order valence-electron chi connectivity index (χ1n) is 8.32. The van der Waals surface area contributed by atoms with Crippen molar-refractivity contribution in [3.8, 4) is 17.1 Å². The van der Waals surface area contributed by atoms with Gasteiger partial charge in [0.05, 0.1) is 12.6 Å². The normalized spacial score (nSPS) is 11.0. The largest absolute Gasteiger partial charge is 0.497 e. The average molecular weight is 396 g/mol. The Kier molecular flexibility index (Phi) is 4.44. The van der Waals surface area contributed by atoms with Gasteiger partial charge in [-0.05, 0) is 42.5 Å². The number of halogens is 1. The number of hydrogen-bond donors (Lipinski definition) is 1. The van der Waals surface area contributed by atoms with E-state index in [1.165, 1.54) is 6.92 Å². The molecule has 2 heterocycles. The summed E-state index contributed by atoms with van der Waals surface area (Å²) < 4.78 is 10.5. The minimum Gasteiger partial charge on any atom is -0.497 e. The number of benzene rings is 2. The second-order valence-electron chi connectivity index (χ2n) is 6.06. The molecule has 4 aromatic rings. The highest BCUT2D eigenvalue weighted by Crippen LogP contribution is 2.30. The van der Waals surface area contributed by atoms with Crippen molar-refractivity contribution in [3.63, 3.8) is 0 Å². The smallest absolute Gasteiger partial charge is 0.349 e. The summed E-state index contributed by atoms with van der Waals surface area (Å²) in [6, 6.07) is 12.0. The van der Waals surface area contributed by atoms with Gasteiger partial charge >= 0.3 is 5.63 Å². The third kappa shape index (κ3) is 3.16. The Morgan fingerprint density at radius 3 is 2.57 bits per heavy atom. The lowest BCUT2D eigenvalue weighted by Gasteiger charge is -2.10. The molecule has 2 aromatic carbocycles. The van der Waals surface area contributed by atoms with E-state index in [9.17, 15) is 9.59 Å². The summed E-state index contributed by atoms with van der Waals surface area (Å²) in [4.78, 5) is 33.2. The van der Waals surface area contributed by atoms with E-state index in [4.69, 9.17) is 20.8 Å². The number of anilines is 1. The number of rotatable bonds is 3. The van der Waals surface area contributed by atoms with Crippen LogP contribution in [0, 0.1) is 0 Å². The summed E-state index contributed by atoms with van der Waals surface area (Å²) in [6.07, 6.45) is 0. The van der Waals surface area contributed by atoms with Crippen molar-refractivity contribution < 1.29 is 13.9 Å². The van der Waals surface area contributed by atoms with Crippen LogP contribution in [0.15, 0.2) is 51.7 Å². The van der Waals surface area contributed by atoms with Crippen LogP contribution in [0.3, 0.4) is 0 Å². The molecule has 0 spiro atoms. The molecule has 0 saturated carbocycles. The number of methoxy groups -OCH3 is 1. The van der Waals surface area contributed by atoms with Gasteiger partial charge in [-0.15, -0.1) is 0 Å². The van der Waals surface area contributed by atoms with E-state index in [0.29, 0.717) is 38.6 Å². The quantitative estimate of drug-likeness (QED) is 0.416. The molecule has 0 aliphatic carbocycles. The van der Waals surface area contributed by atoms with E-state index in [1.807, 2.05) is 0 Å². The van der Waals surface area contributed by atoms with Gasteiger partial charge in [0.25, 0.3) is 0 Å². The lowest BCUT2D eigenvalue weighted by molar-refractivity contribution is -0.114. The van der Waals surface area contributed by atoms with Crippen LogP contribution in [0.4, 0.5) is 5.82 Å². The first-order valence-corrected chi connectivity index (χ1v) is 8.70. The van der Waals surface area contributed by atoms with Crippen molar-refractivity contribution in [2.45, 2.75) is 6.92 Å². The standard InChI is InChI=1S/C20H14ClN3O4/c1-10(25)22-19-16-17(14-9-12(21)5-8-15(14)28-20(16)26)23-18(24-19)11-3-6-13(27-2)7-4-11/h3-9H,1-2H3,(H,22,23,24,25). The van der Waals surface area contributed by atoms with Crippen LogP contribution in [0.2, 0.25) is 5.02 Å². The highest BCUT2D eigenvalue weighted by atomic mass is 35.5. The number of ether oxygens (including phenoxy) is 1. The van der Waals surface area contributed by atoms with E-state index < -0.39 is 5.63 Å². The molecule has 0 unspecified atom stereocenters. The number of nitrogens with one attached hydrogen (secondary N) is 1. The van der Waals surface area contributed by atoms with Crippen LogP contribution >= 0.6 is 11.6 Å². The molecule has 8 heteroatoms. The van der Waals surface area contributed by atoms with Crippen LogP contribution in [0.1, 0.15) is 6.92 Å². The molecule has 140 valence electrons. The number of hydrogen-bond acceptors (Lipinski definition) is 6. The molecule has 2 aromatic heterocycles. The molecule has 0 fully saturated rings. The first-order chi connectivity index (χ1) is 13.5. The maximum atomic E-state index is 12.6. The zero-order valence-electron chi connectivity index (χ0n) is 14.9. The van der Waals surface area contributed by atoms with Crippen molar-refractivity contribution >= 4 is 45.2 Å². The fraction of sp³-hybridized carbons (Fsp3) is 0.100. The van der Waals surface area contributed by atoms with Gasteiger partial charge in [0.1, 0.15) is 16.7 Å². The van der Waals surface area contributed by atoms with Gasteiger partial charge in [-0.25, -0.2) is 14.8 Å². The van der Waals surface area contributed by atoms with Gasteiger partial charge in [-0.3, -0.25) is 4.79 Å². The number of fused-ring (bicyclic) bond motifs is 3. The fourth-order valence-electron chi connectivity index (χ4n) is 2.90. The van der Waals surface area contributed by atoms with E-state index >= 15 is 0 Å². The Bertz CT molecular complexity index is 1280. The number of nitrogens with zero attached hydrogens (tertiary/aromatic N) is 2. The molecule has 4 rings (SSSR count). The lowest BCUT2D eigenvalue weighted by Crippen LogP contribution is -2.13. The number of carbonyl (C=O) groups is 1. The van der Waals surface area contributed by atoms with E-state index in [0.717, 1.165) is 0 Å². The van der Waals surface area contributed by atoms with Crippen LogP contribution in [-0.2, 0) is 4.79 Å². The zero-order chi connectivity index (χ0) is 19.8. The maximum absolute atomic E-state index is 12.6. The van der Waals surface area contributed by atoms with Gasteiger partial charge in [-0.2, -0.15) is 0 Å². The van der Waals surface area contributed by atoms with Gasteiger partial charge in [0, 0.05) is 22.9 Å². The molecule has 0 aliphatic rings. The van der Waals surface area contributed by atoms with Gasteiger partial charge < -0.3 is 14.5 Å². The minimum absolute atomic E-state index is 0.0824. The van der Waals surface area contributed by atoms with Crippen LogP contribution < -0.4 is 15.7 Å². The molecule has 0 radical (unpaired) electrons. The lowest BCUT2D eigenvalue weighted by atomic mass is 10.1. The Hall–Kier alpha value is -3.45. The van der Waals surface area contributed by atoms with Crippen molar-refractivity contribution in [1.29, 1.82) is 0 Å². The highest BCUT2D eigenvalue weighted by molar-refractivity contribution is 6.31. The molecule has 0 atom stereocenters. The van der Waals surface area contributed by atoms with Crippen LogP contribution in [-0.4, -0.2) is 23.0 Å². The van der Waals surface area contributed by atoms with Gasteiger partial charge in [0.15, 0.2) is 11.6 Å².